The highest BCUT2D eigenvalue weighted by Crippen LogP contribution is 2.14. The molecule has 1 aliphatic rings. The summed E-state index contributed by atoms with van der Waals surface area (Å²) in [6.45, 7) is 11.6. The molecule has 0 aliphatic carbocycles. The van der Waals surface area contributed by atoms with Gasteiger partial charge < -0.3 is 24.8 Å². The van der Waals surface area contributed by atoms with Crippen LogP contribution in [0, 0.1) is 0 Å². The van der Waals surface area contributed by atoms with Crippen molar-refractivity contribution in [1.29, 1.82) is 0 Å². The average molecular weight is 393 g/mol. The predicted octanol–water partition coefficient (Wildman–Crippen LogP) is 1.88. The Kier molecular flexibility index (Phi) is 10.7. The van der Waals surface area contributed by atoms with Crippen LogP contribution >= 0.6 is 0 Å². The lowest BCUT2D eigenvalue weighted by Gasteiger charge is -2.32. The van der Waals surface area contributed by atoms with Crippen molar-refractivity contribution in [1.82, 2.24) is 15.5 Å². The highest BCUT2D eigenvalue weighted by Gasteiger charge is 2.16. The zero-order chi connectivity index (χ0) is 20.0. The van der Waals surface area contributed by atoms with Crippen molar-refractivity contribution in [3.05, 3.63) is 29.8 Å². The van der Waals surface area contributed by atoms with Crippen LogP contribution in [0.15, 0.2) is 29.3 Å². The topological polar surface area (TPSA) is 67.4 Å². The fraction of sp³-hybridized carbons (Fsp3) is 0.667. The lowest BCUT2D eigenvalue weighted by atomic mass is 10.2. The molecule has 0 saturated carbocycles. The number of hydrogen-bond acceptors (Lipinski definition) is 5. The lowest BCUT2D eigenvalue weighted by molar-refractivity contribution is 0.0211. The minimum atomic E-state index is 0.441. The Morgan fingerprint density at radius 2 is 2.07 bits per heavy atom. The quantitative estimate of drug-likeness (QED) is 0.341. The Morgan fingerprint density at radius 1 is 1.25 bits per heavy atom. The standard InChI is InChI=1S/C21H36N4O3/c1-4-22-21(23-16-18(2)25-9-13-27-14-10-25)24-17-19-7-5-8-20(15-19)28-12-6-11-26-3/h5,7-8,15,18H,4,6,9-14,16-17H2,1-3H3,(H2,22,23,24). The van der Waals surface area contributed by atoms with E-state index >= 15 is 0 Å². The second kappa shape index (κ2) is 13.4. The molecule has 0 aromatic heterocycles. The van der Waals surface area contributed by atoms with Crippen LogP contribution in [-0.2, 0) is 16.0 Å². The summed E-state index contributed by atoms with van der Waals surface area (Å²) in [7, 11) is 1.70. The number of rotatable bonds is 11. The first-order valence-corrected chi connectivity index (χ1v) is 10.3. The van der Waals surface area contributed by atoms with Gasteiger partial charge in [-0.25, -0.2) is 4.99 Å². The molecule has 7 nitrogen and oxygen atoms in total. The van der Waals surface area contributed by atoms with E-state index in [9.17, 15) is 0 Å². The number of guanidine groups is 1. The minimum absolute atomic E-state index is 0.441. The van der Waals surface area contributed by atoms with Gasteiger partial charge in [0.05, 0.1) is 26.4 Å². The summed E-state index contributed by atoms with van der Waals surface area (Å²) in [5.74, 6) is 1.72. The van der Waals surface area contributed by atoms with E-state index in [0.29, 0.717) is 25.8 Å². The van der Waals surface area contributed by atoms with Crippen molar-refractivity contribution in [2.75, 3.05) is 59.7 Å². The molecule has 1 fully saturated rings. The molecule has 1 aromatic rings. The number of nitrogens with zero attached hydrogens (tertiary/aromatic N) is 2. The van der Waals surface area contributed by atoms with E-state index in [1.54, 1.807) is 7.11 Å². The molecule has 158 valence electrons. The largest absolute Gasteiger partial charge is 0.493 e. The molecule has 0 bridgehead atoms. The maximum Gasteiger partial charge on any atom is 0.191 e. The van der Waals surface area contributed by atoms with Crippen molar-refractivity contribution >= 4 is 5.96 Å². The first-order valence-electron chi connectivity index (χ1n) is 10.3. The summed E-state index contributed by atoms with van der Waals surface area (Å²) < 4.78 is 16.3. The maximum absolute atomic E-state index is 5.77. The minimum Gasteiger partial charge on any atom is -0.493 e. The van der Waals surface area contributed by atoms with Crippen LogP contribution in [0.1, 0.15) is 25.8 Å². The summed E-state index contributed by atoms with van der Waals surface area (Å²) in [5.41, 5.74) is 1.13. The number of methoxy groups -OCH3 is 1. The highest BCUT2D eigenvalue weighted by molar-refractivity contribution is 5.79. The fourth-order valence-corrected chi connectivity index (χ4v) is 3.03. The molecule has 7 heteroatoms. The van der Waals surface area contributed by atoms with Crippen LogP contribution in [0.25, 0.3) is 0 Å². The molecular formula is C21H36N4O3. The maximum atomic E-state index is 5.77. The van der Waals surface area contributed by atoms with Gasteiger partial charge in [0.2, 0.25) is 0 Å². The van der Waals surface area contributed by atoms with E-state index < -0.39 is 0 Å². The second-order valence-corrected chi connectivity index (χ2v) is 6.92. The van der Waals surface area contributed by atoms with E-state index in [1.807, 2.05) is 12.1 Å². The van der Waals surface area contributed by atoms with Crippen LogP contribution < -0.4 is 15.4 Å². The molecule has 28 heavy (non-hydrogen) atoms. The second-order valence-electron chi connectivity index (χ2n) is 6.92. The SMILES string of the molecule is CCNC(=NCc1cccc(OCCCOC)c1)NCC(C)N1CCOCC1. The third kappa shape index (κ3) is 8.46. The summed E-state index contributed by atoms with van der Waals surface area (Å²) in [5, 5.41) is 6.79. The Morgan fingerprint density at radius 3 is 2.82 bits per heavy atom. The van der Waals surface area contributed by atoms with Crippen molar-refractivity contribution in [2.24, 2.45) is 4.99 Å². The number of ether oxygens (including phenoxy) is 3. The summed E-state index contributed by atoms with van der Waals surface area (Å²) in [6, 6.07) is 8.56. The van der Waals surface area contributed by atoms with Gasteiger partial charge in [-0.15, -0.1) is 0 Å². The average Bonchev–Trinajstić information content (AvgIpc) is 2.74. The van der Waals surface area contributed by atoms with Gasteiger partial charge in [-0.1, -0.05) is 12.1 Å². The zero-order valence-corrected chi connectivity index (χ0v) is 17.6. The molecule has 0 radical (unpaired) electrons. The molecule has 2 N–H and O–H groups in total. The van der Waals surface area contributed by atoms with Crippen molar-refractivity contribution in [2.45, 2.75) is 32.9 Å². The smallest absolute Gasteiger partial charge is 0.191 e. The molecule has 2 rings (SSSR count). The normalized spacial score (nSPS) is 16.6. The molecule has 1 unspecified atom stereocenters. The van der Waals surface area contributed by atoms with Gasteiger partial charge in [-0.3, -0.25) is 4.90 Å². The number of benzene rings is 1. The van der Waals surface area contributed by atoms with Crippen LogP contribution in [0.3, 0.4) is 0 Å². The molecule has 1 atom stereocenters. The molecule has 1 aromatic carbocycles. The number of nitrogens with one attached hydrogen (secondary N) is 2. The highest BCUT2D eigenvalue weighted by atomic mass is 16.5. The Balaban J connectivity index is 1.83. The van der Waals surface area contributed by atoms with Crippen molar-refractivity contribution in [3.63, 3.8) is 0 Å². The Labute approximate surface area is 169 Å². The van der Waals surface area contributed by atoms with Gasteiger partial charge in [-0.05, 0) is 31.5 Å². The number of morpholine rings is 1. The van der Waals surface area contributed by atoms with Gasteiger partial charge >= 0.3 is 0 Å². The first kappa shape index (κ1) is 22.5. The molecular weight excluding hydrogens is 356 g/mol. The molecule has 0 spiro atoms. The van der Waals surface area contributed by atoms with Crippen molar-refractivity contribution < 1.29 is 14.2 Å². The van der Waals surface area contributed by atoms with E-state index in [-0.39, 0.29) is 0 Å². The van der Waals surface area contributed by atoms with Gasteiger partial charge in [0.15, 0.2) is 5.96 Å². The summed E-state index contributed by atoms with van der Waals surface area (Å²) in [6.07, 6.45) is 0.884. The number of aliphatic imine (C=N–C) groups is 1. The third-order valence-corrected chi connectivity index (χ3v) is 4.66. The molecule has 1 saturated heterocycles. The van der Waals surface area contributed by atoms with E-state index in [2.05, 4.69) is 41.5 Å². The molecule has 0 amide bonds. The Hall–Kier alpha value is -1.83. The number of hydrogen-bond donors (Lipinski definition) is 2. The van der Waals surface area contributed by atoms with Crippen molar-refractivity contribution in [3.8, 4) is 5.75 Å². The summed E-state index contributed by atoms with van der Waals surface area (Å²) >= 11 is 0. The van der Waals surface area contributed by atoms with Crippen LogP contribution in [0.2, 0.25) is 0 Å². The third-order valence-electron chi connectivity index (χ3n) is 4.66. The van der Waals surface area contributed by atoms with E-state index in [4.69, 9.17) is 19.2 Å². The zero-order valence-electron chi connectivity index (χ0n) is 17.6. The summed E-state index contributed by atoms with van der Waals surface area (Å²) in [4.78, 5) is 7.18. The van der Waals surface area contributed by atoms with Gasteiger partial charge in [0.25, 0.3) is 0 Å². The van der Waals surface area contributed by atoms with Gasteiger partial charge in [0.1, 0.15) is 5.75 Å². The van der Waals surface area contributed by atoms with Gasteiger partial charge in [-0.2, -0.15) is 0 Å². The molecule has 1 aliphatic heterocycles. The monoisotopic (exact) mass is 392 g/mol. The van der Waals surface area contributed by atoms with Crippen LogP contribution in [-0.4, -0.2) is 76.6 Å². The Bertz CT molecular complexity index is 577. The lowest BCUT2D eigenvalue weighted by Crippen LogP contribution is -2.49. The van der Waals surface area contributed by atoms with Gasteiger partial charge in [0, 0.05) is 52.4 Å². The van der Waals surface area contributed by atoms with E-state index in [0.717, 1.165) is 63.1 Å². The van der Waals surface area contributed by atoms with E-state index in [1.165, 1.54) is 0 Å². The fourth-order valence-electron chi connectivity index (χ4n) is 3.03. The van der Waals surface area contributed by atoms with Crippen LogP contribution in [0.5, 0.6) is 5.75 Å². The molecule has 1 heterocycles. The first-order chi connectivity index (χ1) is 13.7. The van der Waals surface area contributed by atoms with Crippen LogP contribution in [0.4, 0.5) is 0 Å². The predicted molar refractivity (Wildman–Crippen MR) is 113 cm³/mol.